The minimum Gasteiger partial charge on any atom is -0.324 e. The molecule has 1 saturated carbocycles. The Labute approximate surface area is 118 Å². The lowest BCUT2D eigenvalue weighted by Crippen LogP contribution is -2.38. The Bertz CT molecular complexity index is 495. The number of halogens is 1. The molecule has 3 nitrogen and oxygen atoms in total. The van der Waals surface area contributed by atoms with Crippen LogP contribution in [0.3, 0.4) is 0 Å². The fraction of sp³-hybridized carbons (Fsp3) is 0.533. The van der Waals surface area contributed by atoms with Crippen LogP contribution in [0.5, 0.6) is 0 Å². The molecule has 2 aliphatic rings. The predicted octanol–water partition coefficient (Wildman–Crippen LogP) is 3.50. The molecule has 1 fully saturated rings. The summed E-state index contributed by atoms with van der Waals surface area (Å²) >= 11 is 6.03. The van der Waals surface area contributed by atoms with Crippen LogP contribution in [-0.4, -0.2) is 11.9 Å². The summed E-state index contributed by atoms with van der Waals surface area (Å²) < 4.78 is 0. The summed E-state index contributed by atoms with van der Waals surface area (Å²) in [4.78, 5) is 12.1. The van der Waals surface area contributed by atoms with E-state index in [2.05, 4.69) is 17.6 Å². The van der Waals surface area contributed by atoms with Crippen LogP contribution in [0.25, 0.3) is 0 Å². The van der Waals surface area contributed by atoms with Gasteiger partial charge in [0.2, 0.25) is 5.91 Å². The SMILES string of the molecule is CC1CCC(NC2C(=O)Nc3ccc(Cl)cc32)CC1. The summed E-state index contributed by atoms with van der Waals surface area (Å²) in [5.74, 6) is 0.855. The summed E-state index contributed by atoms with van der Waals surface area (Å²) in [6, 6.07) is 5.77. The number of nitrogens with one attached hydrogen (secondary N) is 2. The van der Waals surface area contributed by atoms with Crippen molar-refractivity contribution in [2.75, 3.05) is 5.32 Å². The zero-order chi connectivity index (χ0) is 13.4. The molecule has 1 amide bonds. The third-order valence-electron chi connectivity index (χ3n) is 4.26. The molecule has 1 atom stereocenters. The number of anilines is 1. The summed E-state index contributed by atoms with van der Waals surface area (Å²) in [5.41, 5.74) is 1.87. The lowest BCUT2D eigenvalue weighted by Gasteiger charge is -2.29. The Morgan fingerprint density at radius 3 is 2.74 bits per heavy atom. The van der Waals surface area contributed by atoms with E-state index < -0.39 is 0 Å². The molecule has 0 bridgehead atoms. The molecule has 1 aliphatic carbocycles. The van der Waals surface area contributed by atoms with Gasteiger partial charge < -0.3 is 5.32 Å². The molecule has 3 rings (SSSR count). The van der Waals surface area contributed by atoms with Crippen LogP contribution in [-0.2, 0) is 4.79 Å². The van der Waals surface area contributed by atoms with Crippen LogP contribution in [0.4, 0.5) is 5.69 Å². The zero-order valence-corrected chi connectivity index (χ0v) is 11.8. The molecule has 1 unspecified atom stereocenters. The first-order valence-corrected chi connectivity index (χ1v) is 7.37. The average molecular weight is 279 g/mol. The Kier molecular flexibility index (Phi) is 3.50. The van der Waals surface area contributed by atoms with Crippen LogP contribution in [0, 0.1) is 5.92 Å². The first-order chi connectivity index (χ1) is 9.13. The number of rotatable bonds is 2. The van der Waals surface area contributed by atoms with Crippen molar-refractivity contribution in [1.29, 1.82) is 0 Å². The van der Waals surface area contributed by atoms with E-state index in [0.717, 1.165) is 30.0 Å². The molecule has 0 aromatic heterocycles. The van der Waals surface area contributed by atoms with Crippen molar-refractivity contribution in [1.82, 2.24) is 5.32 Å². The highest BCUT2D eigenvalue weighted by atomic mass is 35.5. The number of benzene rings is 1. The van der Waals surface area contributed by atoms with Gasteiger partial charge in [-0.05, 0) is 49.8 Å². The van der Waals surface area contributed by atoms with Crippen LogP contribution < -0.4 is 10.6 Å². The second kappa shape index (κ2) is 5.14. The van der Waals surface area contributed by atoms with E-state index in [4.69, 9.17) is 11.6 Å². The fourth-order valence-corrected chi connectivity index (χ4v) is 3.24. The molecule has 19 heavy (non-hydrogen) atoms. The maximum Gasteiger partial charge on any atom is 0.246 e. The fourth-order valence-electron chi connectivity index (χ4n) is 3.06. The quantitative estimate of drug-likeness (QED) is 0.869. The van der Waals surface area contributed by atoms with Gasteiger partial charge in [0, 0.05) is 22.3 Å². The lowest BCUT2D eigenvalue weighted by molar-refractivity contribution is -0.117. The predicted molar refractivity (Wildman–Crippen MR) is 77.4 cm³/mol. The Hall–Kier alpha value is -1.06. The minimum atomic E-state index is -0.243. The molecule has 2 N–H and O–H groups in total. The monoisotopic (exact) mass is 278 g/mol. The number of carbonyl (C=O) groups excluding carboxylic acids is 1. The van der Waals surface area contributed by atoms with Crippen LogP contribution >= 0.6 is 11.6 Å². The first-order valence-electron chi connectivity index (χ1n) is 7.00. The molecule has 1 aliphatic heterocycles. The summed E-state index contributed by atoms with van der Waals surface area (Å²) in [7, 11) is 0. The topological polar surface area (TPSA) is 41.1 Å². The second-order valence-electron chi connectivity index (χ2n) is 5.78. The lowest BCUT2D eigenvalue weighted by atomic mass is 9.87. The highest BCUT2D eigenvalue weighted by molar-refractivity contribution is 6.31. The summed E-state index contributed by atoms with van der Waals surface area (Å²) in [6.45, 7) is 2.30. The molecular formula is C15H19ClN2O. The van der Waals surface area contributed by atoms with Gasteiger partial charge in [0.25, 0.3) is 0 Å². The first kappa shape index (κ1) is 12.9. The smallest absolute Gasteiger partial charge is 0.246 e. The maximum absolute atomic E-state index is 12.1. The van der Waals surface area contributed by atoms with Crippen LogP contribution in [0.2, 0.25) is 5.02 Å². The molecule has 102 valence electrons. The van der Waals surface area contributed by atoms with Crippen LogP contribution in [0.15, 0.2) is 18.2 Å². The maximum atomic E-state index is 12.1. The summed E-state index contributed by atoms with van der Waals surface area (Å²) in [5, 5.41) is 7.09. The highest BCUT2D eigenvalue weighted by Crippen LogP contribution is 2.34. The van der Waals surface area contributed by atoms with Gasteiger partial charge in [0.15, 0.2) is 0 Å². The molecule has 0 radical (unpaired) electrons. The number of hydrogen-bond donors (Lipinski definition) is 2. The van der Waals surface area contributed by atoms with E-state index in [0.29, 0.717) is 11.1 Å². The second-order valence-corrected chi connectivity index (χ2v) is 6.21. The van der Waals surface area contributed by atoms with E-state index in [1.807, 2.05) is 18.2 Å². The molecule has 0 spiro atoms. The third-order valence-corrected chi connectivity index (χ3v) is 4.50. The largest absolute Gasteiger partial charge is 0.324 e. The van der Waals surface area contributed by atoms with Crippen LogP contribution in [0.1, 0.15) is 44.2 Å². The van der Waals surface area contributed by atoms with Gasteiger partial charge in [0.1, 0.15) is 6.04 Å². The molecule has 4 heteroatoms. The van der Waals surface area contributed by atoms with Gasteiger partial charge in [-0.25, -0.2) is 0 Å². The van der Waals surface area contributed by atoms with Gasteiger partial charge in [-0.15, -0.1) is 0 Å². The van der Waals surface area contributed by atoms with Gasteiger partial charge in [-0.1, -0.05) is 18.5 Å². The van der Waals surface area contributed by atoms with Crippen molar-refractivity contribution in [2.45, 2.75) is 44.7 Å². The number of fused-ring (bicyclic) bond motifs is 1. The molecular weight excluding hydrogens is 260 g/mol. The zero-order valence-electron chi connectivity index (χ0n) is 11.1. The van der Waals surface area contributed by atoms with E-state index in [9.17, 15) is 4.79 Å². The number of carbonyl (C=O) groups is 1. The molecule has 1 aromatic rings. The van der Waals surface area contributed by atoms with Gasteiger partial charge in [-0.3, -0.25) is 10.1 Å². The Morgan fingerprint density at radius 2 is 2.00 bits per heavy atom. The normalized spacial score (nSPS) is 30.0. The standard InChI is InChI=1S/C15H19ClN2O/c1-9-2-5-11(6-3-9)17-14-12-8-10(16)4-7-13(12)18-15(14)19/h4,7-9,11,14,17H,2-3,5-6H2,1H3,(H,18,19). The van der Waals surface area contributed by atoms with E-state index in [-0.39, 0.29) is 11.9 Å². The molecule has 0 saturated heterocycles. The Morgan fingerprint density at radius 1 is 1.26 bits per heavy atom. The van der Waals surface area contributed by atoms with Crippen molar-refractivity contribution < 1.29 is 4.79 Å². The van der Waals surface area contributed by atoms with Crippen molar-refractivity contribution in [3.63, 3.8) is 0 Å². The van der Waals surface area contributed by atoms with Gasteiger partial charge in [0.05, 0.1) is 0 Å². The third kappa shape index (κ3) is 2.63. The minimum absolute atomic E-state index is 0.0379. The van der Waals surface area contributed by atoms with Gasteiger partial charge in [-0.2, -0.15) is 0 Å². The average Bonchev–Trinajstić information content (AvgIpc) is 2.69. The van der Waals surface area contributed by atoms with E-state index >= 15 is 0 Å². The van der Waals surface area contributed by atoms with E-state index in [1.54, 1.807) is 0 Å². The van der Waals surface area contributed by atoms with Crippen molar-refractivity contribution >= 4 is 23.2 Å². The highest BCUT2D eigenvalue weighted by Gasteiger charge is 2.33. The number of amides is 1. The van der Waals surface area contributed by atoms with E-state index in [1.165, 1.54) is 12.8 Å². The molecule has 1 heterocycles. The van der Waals surface area contributed by atoms with Crippen molar-refractivity contribution in [3.8, 4) is 0 Å². The number of hydrogen-bond acceptors (Lipinski definition) is 2. The van der Waals surface area contributed by atoms with Crippen molar-refractivity contribution in [3.05, 3.63) is 28.8 Å². The van der Waals surface area contributed by atoms with Crippen molar-refractivity contribution in [2.24, 2.45) is 5.92 Å². The summed E-state index contributed by atoms with van der Waals surface area (Å²) in [6.07, 6.45) is 4.80. The molecule has 1 aromatic carbocycles. The van der Waals surface area contributed by atoms with Gasteiger partial charge >= 0.3 is 0 Å². The Balaban J connectivity index is 1.75.